The Morgan fingerprint density at radius 2 is 1.83 bits per heavy atom. The third-order valence-corrected chi connectivity index (χ3v) is 7.03. The first-order valence-electron chi connectivity index (χ1n) is 8.64. The number of fused-ring (bicyclic) bond motifs is 1. The fourth-order valence-corrected chi connectivity index (χ4v) is 5.17. The van der Waals surface area contributed by atoms with Gasteiger partial charge in [-0.15, -0.1) is 0 Å². The molecular weight excluding hydrogens is 399 g/mol. The van der Waals surface area contributed by atoms with Crippen molar-refractivity contribution in [2.24, 2.45) is 3.15 Å². The maximum absolute atomic E-state index is 12.3. The lowest BCUT2D eigenvalue weighted by Gasteiger charge is -2.35. The molecule has 23 heavy (non-hydrogen) atoms. The van der Waals surface area contributed by atoms with E-state index in [0.29, 0.717) is 18.6 Å². The van der Waals surface area contributed by atoms with Gasteiger partial charge in [0.05, 0.1) is 31.9 Å². The second-order valence-corrected chi connectivity index (χ2v) is 8.50. The first kappa shape index (κ1) is 18.5. The van der Waals surface area contributed by atoms with E-state index < -0.39 is 0 Å². The van der Waals surface area contributed by atoms with Crippen LogP contribution in [0.2, 0.25) is 0 Å². The van der Waals surface area contributed by atoms with Crippen LogP contribution in [0.3, 0.4) is 0 Å². The number of ketones is 1. The highest BCUT2D eigenvalue weighted by Crippen LogP contribution is 2.36. The zero-order valence-electron chi connectivity index (χ0n) is 14.5. The van der Waals surface area contributed by atoms with E-state index in [1.54, 1.807) is 0 Å². The predicted octanol–water partition coefficient (Wildman–Crippen LogP) is 5.44. The molecule has 0 aromatic heterocycles. The average Bonchev–Trinajstić information content (AvgIpc) is 2.59. The van der Waals surface area contributed by atoms with Crippen LogP contribution in [0, 0.1) is 0 Å². The molecule has 0 unspecified atom stereocenters. The van der Waals surface area contributed by atoms with E-state index in [4.69, 9.17) is 0 Å². The van der Waals surface area contributed by atoms with Crippen LogP contribution in [0.4, 0.5) is 5.69 Å². The number of quaternary nitrogens is 1. The zero-order chi connectivity index (χ0) is 16.7. The Kier molecular flexibility index (Phi) is 7.09. The highest BCUT2D eigenvalue weighted by atomic mass is 127. The van der Waals surface area contributed by atoms with Crippen molar-refractivity contribution in [1.29, 1.82) is 0 Å². The Morgan fingerprint density at radius 1 is 1.13 bits per heavy atom. The molecule has 0 bridgehead atoms. The topological polar surface area (TPSA) is 29.4 Å². The summed E-state index contributed by atoms with van der Waals surface area (Å²) in [6, 6.07) is 8.20. The van der Waals surface area contributed by atoms with E-state index in [9.17, 15) is 4.79 Å². The second kappa shape index (κ2) is 8.83. The molecule has 0 saturated carbocycles. The maximum atomic E-state index is 12.3. The van der Waals surface area contributed by atoms with Gasteiger partial charge in [0.25, 0.3) is 0 Å². The number of halogens is 1. The SMILES string of the molecule is CC[N+](CC)(CC)CCCC(=O)CC1=Cc2ccccc2N=I1. The minimum Gasteiger partial charge on any atom is -0.324 e. The van der Waals surface area contributed by atoms with E-state index in [2.05, 4.69) is 42.1 Å². The van der Waals surface area contributed by atoms with Gasteiger partial charge in [-0.3, -0.25) is 4.79 Å². The van der Waals surface area contributed by atoms with Crippen LogP contribution in [0.1, 0.15) is 45.6 Å². The molecule has 2 rings (SSSR count). The molecule has 126 valence electrons. The van der Waals surface area contributed by atoms with Crippen molar-refractivity contribution in [2.75, 3.05) is 26.2 Å². The van der Waals surface area contributed by atoms with Gasteiger partial charge < -0.3 is 4.48 Å². The quantitative estimate of drug-likeness (QED) is 0.381. The van der Waals surface area contributed by atoms with Gasteiger partial charge in [0, 0.05) is 49.4 Å². The molecule has 1 aromatic rings. The monoisotopic (exact) mass is 427 g/mol. The first-order chi connectivity index (χ1) is 11.1. The number of hydrogen-bond donors (Lipinski definition) is 0. The van der Waals surface area contributed by atoms with Crippen molar-refractivity contribution in [3.8, 4) is 0 Å². The highest BCUT2D eigenvalue weighted by Gasteiger charge is 2.20. The molecule has 1 aliphatic rings. The number of carbonyl (C=O) groups is 1. The number of rotatable bonds is 9. The number of nitrogens with zero attached hydrogens (tertiary/aromatic N) is 2. The van der Waals surface area contributed by atoms with Crippen molar-refractivity contribution in [3.05, 3.63) is 33.4 Å². The van der Waals surface area contributed by atoms with Crippen LogP contribution < -0.4 is 0 Å². The van der Waals surface area contributed by atoms with Gasteiger partial charge in [0.1, 0.15) is 5.78 Å². The minimum atomic E-state index is -0.361. The molecule has 0 N–H and O–H groups in total. The number of carbonyl (C=O) groups excluding carboxylic acids is 1. The summed E-state index contributed by atoms with van der Waals surface area (Å²) in [7, 11) is 0. The summed E-state index contributed by atoms with van der Waals surface area (Å²) in [5.41, 5.74) is 2.26. The van der Waals surface area contributed by atoms with Crippen molar-refractivity contribution in [3.63, 3.8) is 0 Å². The van der Waals surface area contributed by atoms with Crippen molar-refractivity contribution >= 4 is 38.6 Å². The summed E-state index contributed by atoms with van der Waals surface area (Å²) in [4.78, 5) is 12.3. The molecule has 1 heterocycles. The Bertz CT molecular complexity index is 595. The van der Waals surface area contributed by atoms with Crippen LogP contribution in [0.25, 0.3) is 6.08 Å². The molecule has 1 aromatic carbocycles. The van der Waals surface area contributed by atoms with Gasteiger partial charge in [0.15, 0.2) is 0 Å². The van der Waals surface area contributed by atoms with Gasteiger partial charge in [-0.05, 0) is 32.9 Å². The fourth-order valence-electron chi connectivity index (χ4n) is 3.09. The number of benzene rings is 1. The molecule has 0 saturated heterocycles. The lowest BCUT2D eigenvalue weighted by atomic mass is 10.1. The molecule has 0 aliphatic carbocycles. The molecule has 1 aliphatic heterocycles. The Balaban J connectivity index is 1.85. The predicted molar refractivity (Wildman–Crippen MR) is 106 cm³/mol. The van der Waals surface area contributed by atoms with Crippen LogP contribution in [0.5, 0.6) is 0 Å². The number of Topliss-reactive ketones (excluding diaryl/α,β-unsaturated/α-hetero) is 1. The smallest absolute Gasteiger partial charge is 0.137 e. The Hall–Kier alpha value is -0.880. The minimum absolute atomic E-state index is 0.361. The summed E-state index contributed by atoms with van der Waals surface area (Å²) in [5.74, 6) is 0.381. The molecular formula is C19H28IN2O+. The van der Waals surface area contributed by atoms with Crippen LogP contribution in [0.15, 0.2) is 31.0 Å². The highest BCUT2D eigenvalue weighted by molar-refractivity contribution is 14.2. The molecule has 4 heteroatoms. The molecule has 0 spiro atoms. The normalized spacial score (nSPS) is 14.0. The van der Waals surface area contributed by atoms with Crippen LogP contribution >= 0.6 is 21.0 Å². The summed E-state index contributed by atoms with van der Waals surface area (Å²) in [6.45, 7) is 11.4. The maximum Gasteiger partial charge on any atom is 0.137 e. The van der Waals surface area contributed by atoms with E-state index in [1.165, 1.54) is 9.14 Å². The van der Waals surface area contributed by atoms with Gasteiger partial charge >= 0.3 is 0 Å². The molecule has 0 radical (unpaired) electrons. The van der Waals surface area contributed by atoms with E-state index in [1.807, 2.05) is 12.1 Å². The average molecular weight is 427 g/mol. The third-order valence-electron chi connectivity index (χ3n) is 4.96. The molecule has 0 atom stereocenters. The van der Waals surface area contributed by atoms with Crippen molar-refractivity contribution < 1.29 is 9.28 Å². The van der Waals surface area contributed by atoms with Gasteiger partial charge in [-0.2, -0.15) is 0 Å². The van der Waals surface area contributed by atoms with Crippen molar-refractivity contribution in [1.82, 2.24) is 0 Å². The van der Waals surface area contributed by atoms with Gasteiger partial charge in [-0.25, -0.2) is 3.15 Å². The van der Waals surface area contributed by atoms with Gasteiger partial charge in [-0.1, -0.05) is 18.2 Å². The molecule has 0 amide bonds. The number of hydrogen-bond acceptors (Lipinski definition) is 2. The Morgan fingerprint density at radius 3 is 2.52 bits per heavy atom. The Labute approximate surface area is 150 Å². The standard InChI is InChI=1S/C19H28IN2O/c1-4-22(5-2,6-3)13-9-11-18(23)15-17-14-16-10-7-8-12-19(16)21-20-17/h7-8,10,12,14H,4-6,9,11,13,15H2,1-3H3/q+1. The largest absolute Gasteiger partial charge is 0.324 e. The van der Waals surface area contributed by atoms with Crippen LogP contribution in [-0.4, -0.2) is 36.4 Å². The lowest BCUT2D eigenvalue weighted by molar-refractivity contribution is -0.923. The van der Waals surface area contributed by atoms with E-state index >= 15 is 0 Å². The summed E-state index contributed by atoms with van der Waals surface area (Å²) < 4.78 is 7.06. The first-order valence-corrected chi connectivity index (χ1v) is 10.7. The zero-order valence-corrected chi connectivity index (χ0v) is 16.7. The number of allylic oxidation sites excluding steroid dienone is 1. The van der Waals surface area contributed by atoms with E-state index in [0.717, 1.165) is 42.8 Å². The molecule has 0 fully saturated rings. The lowest BCUT2D eigenvalue weighted by Crippen LogP contribution is -2.48. The second-order valence-electron chi connectivity index (χ2n) is 6.15. The summed E-state index contributed by atoms with van der Waals surface area (Å²) in [5, 5.41) is 0. The van der Waals surface area contributed by atoms with Crippen LogP contribution in [-0.2, 0) is 4.79 Å². The summed E-state index contributed by atoms with van der Waals surface area (Å²) >= 11 is -0.361. The van der Waals surface area contributed by atoms with E-state index in [-0.39, 0.29) is 21.0 Å². The fraction of sp³-hybridized carbons (Fsp3) is 0.526. The summed E-state index contributed by atoms with van der Waals surface area (Å²) in [6.07, 6.45) is 4.52. The molecule has 3 nitrogen and oxygen atoms in total. The van der Waals surface area contributed by atoms with Gasteiger partial charge in [0.2, 0.25) is 0 Å². The van der Waals surface area contributed by atoms with Crippen molar-refractivity contribution in [2.45, 2.75) is 40.0 Å². The third kappa shape index (κ3) is 5.05.